The summed E-state index contributed by atoms with van der Waals surface area (Å²) in [5.41, 5.74) is 3.51. The highest BCUT2D eigenvalue weighted by molar-refractivity contribution is 5.47. The molecule has 0 spiro atoms. The zero-order valence-electron chi connectivity index (χ0n) is 12.7. The quantitative estimate of drug-likeness (QED) is 0.905. The fourth-order valence-corrected chi connectivity index (χ4v) is 3.13. The molecule has 0 saturated carbocycles. The lowest BCUT2D eigenvalue weighted by Crippen LogP contribution is -2.40. The van der Waals surface area contributed by atoms with Gasteiger partial charge in [-0.2, -0.15) is 0 Å². The number of methoxy groups -OCH3 is 1. The van der Waals surface area contributed by atoms with E-state index in [-0.39, 0.29) is 11.6 Å². The zero-order valence-corrected chi connectivity index (χ0v) is 12.7. The van der Waals surface area contributed by atoms with Crippen LogP contribution in [0.4, 0.5) is 0 Å². The molecule has 1 N–H and O–H groups in total. The largest absolute Gasteiger partial charge is 0.496 e. The summed E-state index contributed by atoms with van der Waals surface area (Å²) in [5, 5.41) is 3.42. The molecular weight excluding hydrogens is 238 g/mol. The summed E-state index contributed by atoms with van der Waals surface area (Å²) in [6.07, 6.45) is 2.20. The van der Waals surface area contributed by atoms with Crippen molar-refractivity contribution in [3.8, 4) is 5.75 Å². The molecule has 1 aromatic carbocycles. The summed E-state index contributed by atoms with van der Waals surface area (Å²) in [4.78, 5) is 0. The van der Waals surface area contributed by atoms with Crippen LogP contribution in [0.2, 0.25) is 0 Å². The molecule has 19 heavy (non-hydrogen) atoms. The Bertz CT molecular complexity index is 450. The molecule has 1 saturated heterocycles. The maximum atomic E-state index is 6.00. The molecule has 1 aromatic rings. The molecule has 2 unspecified atom stereocenters. The van der Waals surface area contributed by atoms with Crippen molar-refractivity contribution in [3.05, 3.63) is 28.8 Å². The Morgan fingerprint density at radius 1 is 1.37 bits per heavy atom. The molecule has 1 heterocycles. The Morgan fingerprint density at radius 2 is 2.11 bits per heavy atom. The van der Waals surface area contributed by atoms with Gasteiger partial charge in [-0.25, -0.2) is 0 Å². The highest BCUT2D eigenvalue weighted by atomic mass is 16.5. The molecule has 2 rings (SSSR count). The summed E-state index contributed by atoms with van der Waals surface area (Å²) < 4.78 is 11.6. The molecule has 0 aromatic heterocycles. The molecule has 2 atom stereocenters. The third kappa shape index (κ3) is 2.49. The monoisotopic (exact) mass is 263 g/mol. The number of likely N-dealkylation sites (N-methyl/N-ethyl adjacent to an activating group) is 1. The Balaban J connectivity index is 2.46. The van der Waals surface area contributed by atoms with Crippen molar-refractivity contribution < 1.29 is 9.47 Å². The average Bonchev–Trinajstić information content (AvgIpc) is 2.82. The second kappa shape index (κ2) is 5.51. The van der Waals surface area contributed by atoms with Crippen LogP contribution in [-0.4, -0.2) is 26.4 Å². The van der Waals surface area contributed by atoms with Gasteiger partial charge in [-0.3, -0.25) is 0 Å². The second-order valence-electron chi connectivity index (χ2n) is 5.62. The van der Waals surface area contributed by atoms with Crippen molar-refractivity contribution in [2.45, 2.75) is 45.3 Å². The average molecular weight is 263 g/mol. The van der Waals surface area contributed by atoms with Gasteiger partial charge in [-0.1, -0.05) is 12.1 Å². The van der Waals surface area contributed by atoms with Gasteiger partial charge >= 0.3 is 0 Å². The van der Waals surface area contributed by atoms with Crippen LogP contribution in [0, 0.1) is 13.8 Å². The van der Waals surface area contributed by atoms with E-state index < -0.39 is 0 Å². The van der Waals surface area contributed by atoms with Crippen molar-refractivity contribution in [1.29, 1.82) is 0 Å². The third-order valence-corrected chi connectivity index (χ3v) is 4.37. The molecule has 0 bridgehead atoms. The van der Waals surface area contributed by atoms with Gasteiger partial charge in [0, 0.05) is 12.2 Å². The molecular formula is C16H25NO2. The molecule has 0 aliphatic carbocycles. The van der Waals surface area contributed by atoms with E-state index >= 15 is 0 Å². The number of ether oxygens (including phenoxy) is 2. The first kappa shape index (κ1) is 14.4. The summed E-state index contributed by atoms with van der Waals surface area (Å²) >= 11 is 0. The number of aryl methyl sites for hydroxylation is 1. The first-order valence-electron chi connectivity index (χ1n) is 6.99. The lowest BCUT2D eigenvalue weighted by molar-refractivity contribution is -0.0110. The van der Waals surface area contributed by atoms with Crippen molar-refractivity contribution >= 4 is 0 Å². The number of rotatable bonds is 4. The van der Waals surface area contributed by atoms with Gasteiger partial charge in [0.25, 0.3) is 0 Å². The van der Waals surface area contributed by atoms with Gasteiger partial charge < -0.3 is 14.8 Å². The lowest BCUT2D eigenvalue weighted by Gasteiger charge is -2.34. The fourth-order valence-electron chi connectivity index (χ4n) is 3.13. The summed E-state index contributed by atoms with van der Waals surface area (Å²) in [6, 6.07) is 4.48. The molecule has 1 aliphatic rings. The van der Waals surface area contributed by atoms with E-state index in [4.69, 9.17) is 9.47 Å². The predicted octanol–water partition coefficient (Wildman–Crippen LogP) is 3.14. The Labute approximate surface area is 116 Å². The number of nitrogens with one attached hydrogen (secondary N) is 1. The van der Waals surface area contributed by atoms with Crippen LogP contribution in [0.15, 0.2) is 12.1 Å². The summed E-state index contributed by atoms with van der Waals surface area (Å²) in [6.45, 7) is 7.27. The van der Waals surface area contributed by atoms with Crippen LogP contribution < -0.4 is 10.1 Å². The van der Waals surface area contributed by atoms with Crippen LogP contribution in [-0.2, 0) is 4.74 Å². The third-order valence-electron chi connectivity index (χ3n) is 4.37. The van der Waals surface area contributed by atoms with Gasteiger partial charge in [0.15, 0.2) is 0 Å². The van der Waals surface area contributed by atoms with Gasteiger partial charge in [0.2, 0.25) is 0 Å². The minimum Gasteiger partial charge on any atom is -0.496 e. The van der Waals surface area contributed by atoms with Crippen LogP contribution in [0.1, 0.15) is 42.5 Å². The van der Waals surface area contributed by atoms with Crippen LogP contribution in [0.3, 0.4) is 0 Å². The standard InChI is InChI=1S/C16H25NO2/c1-11-7-8-13(14(18-5)12(11)2)15(17-4)16(3)9-6-10-19-16/h7-8,15,17H,6,9-10H2,1-5H3. The van der Waals surface area contributed by atoms with Crippen LogP contribution >= 0.6 is 0 Å². The smallest absolute Gasteiger partial charge is 0.126 e. The molecule has 1 aliphatic heterocycles. The Hall–Kier alpha value is -1.06. The normalized spacial score (nSPS) is 24.5. The topological polar surface area (TPSA) is 30.5 Å². The Morgan fingerprint density at radius 3 is 2.63 bits per heavy atom. The van der Waals surface area contributed by atoms with Crippen LogP contribution in [0.25, 0.3) is 0 Å². The predicted molar refractivity (Wildman–Crippen MR) is 77.9 cm³/mol. The number of benzene rings is 1. The van der Waals surface area contributed by atoms with E-state index in [9.17, 15) is 0 Å². The lowest BCUT2D eigenvalue weighted by atomic mass is 9.86. The minimum atomic E-state index is -0.149. The van der Waals surface area contributed by atoms with Crippen molar-refractivity contribution in [3.63, 3.8) is 0 Å². The van der Waals surface area contributed by atoms with Crippen LogP contribution in [0.5, 0.6) is 5.75 Å². The van der Waals surface area contributed by atoms with Crippen molar-refractivity contribution in [1.82, 2.24) is 5.32 Å². The van der Waals surface area contributed by atoms with Gasteiger partial charge in [-0.15, -0.1) is 0 Å². The first-order chi connectivity index (χ1) is 9.03. The number of hydrogen-bond donors (Lipinski definition) is 1. The van der Waals surface area contributed by atoms with E-state index in [1.807, 2.05) is 7.05 Å². The molecule has 3 nitrogen and oxygen atoms in total. The highest BCUT2D eigenvalue weighted by Crippen LogP contribution is 2.41. The maximum Gasteiger partial charge on any atom is 0.126 e. The Kier molecular flexibility index (Phi) is 4.16. The molecule has 0 amide bonds. The summed E-state index contributed by atoms with van der Waals surface area (Å²) in [7, 11) is 3.74. The maximum absolute atomic E-state index is 6.00. The van der Waals surface area contributed by atoms with Gasteiger partial charge in [-0.05, 0) is 51.8 Å². The molecule has 3 heteroatoms. The second-order valence-corrected chi connectivity index (χ2v) is 5.62. The van der Waals surface area contributed by atoms with E-state index in [1.54, 1.807) is 7.11 Å². The zero-order chi connectivity index (χ0) is 14.0. The molecule has 0 radical (unpaired) electrons. The minimum absolute atomic E-state index is 0.149. The fraction of sp³-hybridized carbons (Fsp3) is 0.625. The first-order valence-corrected chi connectivity index (χ1v) is 6.99. The molecule has 106 valence electrons. The van der Waals surface area contributed by atoms with Gasteiger partial charge in [0.05, 0.1) is 18.8 Å². The van der Waals surface area contributed by atoms with E-state index in [1.165, 1.54) is 16.7 Å². The molecule has 1 fully saturated rings. The van der Waals surface area contributed by atoms with Crippen molar-refractivity contribution in [2.75, 3.05) is 20.8 Å². The van der Waals surface area contributed by atoms with E-state index in [2.05, 4.69) is 38.2 Å². The summed E-state index contributed by atoms with van der Waals surface area (Å²) in [5.74, 6) is 0.982. The number of hydrogen-bond acceptors (Lipinski definition) is 3. The van der Waals surface area contributed by atoms with Gasteiger partial charge in [0.1, 0.15) is 5.75 Å². The highest BCUT2D eigenvalue weighted by Gasteiger charge is 2.40. The van der Waals surface area contributed by atoms with E-state index in [0.29, 0.717) is 0 Å². The van der Waals surface area contributed by atoms with E-state index in [0.717, 1.165) is 25.2 Å². The SMILES string of the molecule is CNC(c1ccc(C)c(C)c1OC)C1(C)CCCO1. The van der Waals surface area contributed by atoms with Crippen molar-refractivity contribution in [2.24, 2.45) is 0 Å².